The number of benzene rings is 2. The second-order valence-electron chi connectivity index (χ2n) is 8.01. The van der Waals surface area contributed by atoms with E-state index in [1.807, 2.05) is 61.9 Å². The summed E-state index contributed by atoms with van der Waals surface area (Å²) in [6.07, 6.45) is 1.91. The summed E-state index contributed by atoms with van der Waals surface area (Å²) in [6.45, 7) is 8.05. The first-order valence-corrected chi connectivity index (χ1v) is 10.3. The summed E-state index contributed by atoms with van der Waals surface area (Å²) in [4.78, 5) is 12.9. The van der Waals surface area contributed by atoms with E-state index in [9.17, 15) is 4.79 Å². The molecular weight excluding hydrogens is 390 g/mol. The number of fused-ring (bicyclic) bond motifs is 1. The lowest BCUT2D eigenvalue weighted by atomic mass is 10.0. The lowest BCUT2D eigenvalue weighted by Crippen LogP contribution is -2.19. The van der Waals surface area contributed by atoms with Crippen molar-refractivity contribution in [1.29, 1.82) is 0 Å². The summed E-state index contributed by atoms with van der Waals surface area (Å²) in [5.74, 6) is 1.37. The van der Waals surface area contributed by atoms with Crippen molar-refractivity contribution >= 4 is 22.7 Å². The summed E-state index contributed by atoms with van der Waals surface area (Å²) >= 11 is 0. The van der Waals surface area contributed by atoms with E-state index >= 15 is 0 Å². The van der Waals surface area contributed by atoms with Crippen LogP contribution in [0.2, 0.25) is 0 Å². The van der Waals surface area contributed by atoms with Crippen molar-refractivity contribution in [2.45, 2.75) is 40.2 Å². The summed E-state index contributed by atoms with van der Waals surface area (Å²) in [5, 5.41) is 8.65. The monoisotopic (exact) mass is 417 g/mol. The second kappa shape index (κ2) is 8.30. The lowest BCUT2D eigenvalue weighted by molar-refractivity contribution is -0.115. The van der Waals surface area contributed by atoms with Crippen LogP contribution in [-0.4, -0.2) is 22.8 Å². The number of nitrogens with one attached hydrogen (secondary N) is 1. The Bertz CT molecular complexity index is 1240. The molecule has 0 spiro atoms. The normalized spacial score (nSPS) is 12.2. The number of amides is 1. The minimum atomic E-state index is -0.106. The number of hydrogen-bond donors (Lipinski definition) is 1. The smallest absolute Gasteiger partial charge is 0.230 e. The van der Waals surface area contributed by atoms with Gasteiger partial charge >= 0.3 is 0 Å². The largest absolute Gasteiger partial charge is 0.497 e. The molecule has 2 aromatic carbocycles. The molecule has 0 aliphatic rings. The molecular formula is C25H27N3O3. The molecule has 0 fully saturated rings. The van der Waals surface area contributed by atoms with Crippen molar-refractivity contribution in [3.63, 3.8) is 0 Å². The Labute approximate surface area is 181 Å². The number of aromatic nitrogens is 2. The topological polar surface area (TPSA) is 69.3 Å². The zero-order valence-corrected chi connectivity index (χ0v) is 18.5. The van der Waals surface area contributed by atoms with Gasteiger partial charge in [-0.2, -0.15) is 5.10 Å². The molecule has 6 nitrogen and oxygen atoms in total. The Morgan fingerprint density at radius 3 is 2.61 bits per heavy atom. The van der Waals surface area contributed by atoms with Crippen LogP contribution in [0, 0.1) is 20.8 Å². The molecule has 0 saturated carbocycles. The van der Waals surface area contributed by atoms with Crippen molar-refractivity contribution in [3.8, 4) is 5.75 Å². The van der Waals surface area contributed by atoms with Crippen LogP contribution >= 0.6 is 0 Å². The molecule has 160 valence electrons. The van der Waals surface area contributed by atoms with Gasteiger partial charge in [0.05, 0.1) is 31.5 Å². The SMILES string of the molecule is COc1ccc(C(C)n2nc(C)cc2NC(=O)Cc2coc3cc(C)cc(C)c23)cc1. The highest BCUT2D eigenvalue weighted by Crippen LogP contribution is 2.28. The number of nitrogens with zero attached hydrogens (tertiary/aromatic N) is 2. The molecule has 4 aromatic rings. The highest BCUT2D eigenvalue weighted by molar-refractivity contribution is 5.95. The van der Waals surface area contributed by atoms with Gasteiger partial charge in [0.2, 0.25) is 5.91 Å². The van der Waals surface area contributed by atoms with Crippen LogP contribution in [0.5, 0.6) is 5.75 Å². The van der Waals surface area contributed by atoms with E-state index < -0.39 is 0 Å². The van der Waals surface area contributed by atoms with Gasteiger partial charge < -0.3 is 14.5 Å². The highest BCUT2D eigenvalue weighted by atomic mass is 16.5. The van der Waals surface area contributed by atoms with Crippen LogP contribution in [0.25, 0.3) is 11.0 Å². The number of carbonyl (C=O) groups excluding carboxylic acids is 1. The Balaban J connectivity index is 1.55. The molecule has 0 radical (unpaired) electrons. The van der Waals surface area contributed by atoms with Gasteiger partial charge in [0.25, 0.3) is 0 Å². The van der Waals surface area contributed by atoms with Crippen molar-refractivity contribution in [1.82, 2.24) is 9.78 Å². The number of methoxy groups -OCH3 is 1. The number of anilines is 1. The van der Waals surface area contributed by atoms with E-state index in [4.69, 9.17) is 9.15 Å². The maximum Gasteiger partial charge on any atom is 0.230 e. The lowest BCUT2D eigenvalue weighted by Gasteiger charge is -2.17. The molecule has 2 aromatic heterocycles. The predicted octanol–water partition coefficient (Wildman–Crippen LogP) is 5.35. The quantitative estimate of drug-likeness (QED) is 0.459. The van der Waals surface area contributed by atoms with E-state index in [1.165, 1.54) is 0 Å². The third-order valence-corrected chi connectivity index (χ3v) is 5.53. The standard InChI is InChI=1S/C25H27N3O3/c1-15-10-16(2)25-20(14-31-22(25)11-15)13-24(29)26-23-12-17(3)27-28(23)18(4)19-6-8-21(30-5)9-7-19/h6-12,14,18H,13H2,1-5H3,(H,26,29). The number of carbonyl (C=O) groups is 1. The Kier molecular flexibility index (Phi) is 5.55. The second-order valence-corrected chi connectivity index (χ2v) is 8.01. The van der Waals surface area contributed by atoms with Gasteiger partial charge in [-0.15, -0.1) is 0 Å². The number of hydrogen-bond acceptors (Lipinski definition) is 4. The fourth-order valence-electron chi connectivity index (χ4n) is 4.05. The van der Waals surface area contributed by atoms with Crippen LogP contribution in [-0.2, 0) is 11.2 Å². The van der Waals surface area contributed by atoms with Crippen molar-refractivity contribution < 1.29 is 13.9 Å². The van der Waals surface area contributed by atoms with Crippen LogP contribution in [0.4, 0.5) is 5.82 Å². The van der Waals surface area contributed by atoms with Gasteiger partial charge in [0.1, 0.15) is 17.2 Å². The summed E-state index contributed by atoms with van der Waals surface area (Å²) in [6, 6.07) is 13.8. The van der Waals surface area contributed by atoms with E-state index in [0.29, 0.717) is 5.82 Å². The number of furan rings is 1. The molecule has 1 unspecified atom stereocenters. The number of rotatable bonds is 6. The van der Waals surface area contributed by atoms with E-state index in [-0.39, 0.29) is 18.4 Å². The fourth-order valence-corrected chi connectivity index (χ4v) is 4.05. The first-order chi connectivity index (χ1) is 14.9. The molecule has 0 aliphatic heterocycles. The molecule has 4 rings (SSSR count). The van der Waals surface area contributed by atoms with Gasteiger partial charge in [-0.1, -0.05) is 18.2 Å². The summed E-state index contributed by atoms with van der Waals surface area (Å²) in [5.41, 5.74) is 5.87. The van der Waals surface area contributed by atoms with Gasteiger partial charge in [0, 0.05) is 17.0 Å². The Morgan fingerprint density at radius 2 is 1.90 bits per heavy atom. The van der Waals surface area contributed by atoms with Crippen molar-refractivity contribution in [3.05, 3.63) is 76.7 Å². The van der Waals surface area contributed by atoms with E-state index in [0.717, 1.165) is 44.7 Å². The fraction of sp³-hybridized carbons (Fsp3) is 0.280. The molecule has 0 bridgehead atoms. The maximum atomic E-state index is 12.9. The third-order valence-electron chi connectivity index (χ3n) is 5.53. The van der Waals surface area contributed by atoms with E-state index in [1.54, 1.807) is 13.4 Å². The molecule has 31 heavy (non-hydrogen) atoms. The molecule has 0 saturated heterocycles. The average molecular weight is 418 g/mol. The molecule has 0 aliphatic carbocycles. The molecule has 2 heterocycles. The number of ether oxygens (including phenoxy) is 1. The predicted molar refractivity (Wildman–Crippen MR) is 122 cm³/mol. The Morgan fingerprint density at radius 1 is 1.16 bits per heavy atom. The van der Waals surface area contributed by atoms with Crippen LogP contribution in [0.1, 0.15) is 40.9 Å². The minimum absolute atomic E-state index is 0.0464. The van der Waals surface area contributed by atoms with Crippen LogP contribution < -0.4 is 10.1 Å². The zero-order valence-electron chi connectivity index (χ0n) is 18.5. The van der Waals surface area contributed by atoms with Gasteiger partial charge in [-0.05, 0) is 62.6 Å². The molecule has 1 amide bonds. The minimum Gasteiger partial charge on any atom is -0.497 e. The third kappa shape index (κ3) is 4.19. The number of aryl methyl sites for hydroxylation is 3. The van der Waals surface area contributed by atoms with Crippen molar-refractivity contribution in [2.75, 3.05) is 12.4 Å². The maximum absolute atomic E-state index is 12.9. The van der Waals surface area contributed by atoms with Crippen molar-refractivity contribution in [2.24, 2.45) is 0 Å². The average Bonchev–Trinajstić information content (AvgIpc) is 3.30. The molecule has 6 heteroatoms. The van der Waals surface area contributed by atoms with Gasteiger partial charge in [-0.3, -0.25) is 4.79 Å². The summed E-state index contributed by atoms with van der Waals surface area (Å²) < 4.78 is 12.8. The van der Waals surface area contributed by atoms with Gasteiger partial charge in [0.15, 0.2) is 0 Å². The highest BCUT2D eigenvalue weighted by Gasteiger charge is 2.18. The van der Waals surface area contributed by atoms with Crippen LogP contribution in [0.15, 0.2) is 53.1 Å². The zero-order chi connectivity index (χ0) is 22.1. The molecule has 1 atom stereocenters. The van der Waals surface area contributed by atoms with Crippen LogP contribution in [0.3, 0.4) is 0 Å². The Hall–Kier alpha value is -3.54. The first-order valence-electron chi connectivity index (χ1n) is 10.3. The summed E-state index contributed by atoms with van der Waals surface area (Å²) in [7, 11) is 1.65. The van der Waals surface area contributed by atoms with Gasteiger partial charge in [-0.25, -0.2) is 4.68 Å². The molecule has 1 N–H and O–H groups in total. The first kappa shape index (κ1) is 20.7. The van der Waals surface area contributed by atoms with E-state index in [2.05, 4.69) is 23.4 Å².